The van der Waals surface area contributed by atoms with Crippen LogP contribution in [0.25, 0.3) is 10.8 Å². The molecule has 0 bridgehead atoms. The van der Waals surface area contributed by atoms with Crippen LogP contribution in [0.5, 0.6) is 5.75 Å². The summed E-state index contributed by atoms with van der Waals surface area (Å²) in [6.07, 6.45) is 1.01. The van der Waals surface area contributed by atoms with Crippen LogP contribution < -0.4 is 10.3 Å². The highest BCUT2D eigenvalue weighted by molar-refractivity contribution is 6.30. The van der Waals surface area contributed by atoms with Crippen molar-refractivity contribution in [1.82, 2.24) is 10.2 Å². The van der Waals surface area contributed by atoms with E-state index in [9.17, 15) is 9.59 Å². The molecule has 0 spiro atoms. The van der Waals surface area contributed by atoms with Gasteiger partial charge in [-0.05, 0) is 30.2 Å². The van der Waals surface area contributed by atoms with Crippen LogP contribution in [-0.4, -0.2) is 21.5 Å². The third kappa shape index (κ3) is 3.88. The number of nitrogens with zero attached hydrogens (tertiary/aromatic N) is 1. The predicted molar refractivity (Wildman–Crippen MR) is 97.2 cm³/mol. The topological polar surface area (TPSA) is 72.0 Å². The number of H-pyrrole nitrogens is 1. The van der Waals surface area contributed by atoms with Gasteiger partial charge in [-0.3, -0.25) is 9.59 Å². The quantitative estimate of drug-likeness (QED) is 0.432. The molecular formula is C19H17ClN2O3. The van der Waals surface area contributed by atoms with Crippen LogP contribution in [0.3, 0.4) is 0 Å². The van der Waals surface area contributed by atoms with E-state index in [-0.39, 0.29) is 5.56 Å². The number of benzene rings is 2. The number of rotatable bonds is 5. The van der Waals surface area contributed by atoms with Crippen molar-refractivity contribution >= 4 is 28.3 Å². The molecule has 1 atom stereocenters. The fourth-order valence-electron chi connectivity index (χ4n) is 2.57. The van der Waals surface area contributed by atoms with E-state index < -0.39 is 11.3 Å². The first-order valence-corrected chi connectivity index (χ1v) is 8.43. The lowest BCUT2D eigenvalue weighted by Gasteiger charge is -2.09. The smallest absolute Gasteiger partial charge is 0.329 e. The van der Waals surface area contributed by atoms with Gasteiger partial charge < -0.3 is 4.74 Å². The molecule has 6 heteroatoms. The average Bonchev–Trinajstić information content (AvgIpc) is 2.64. The maximum Gasteiger partial charge on any atom is 0.329 e. The highest BCUT2D eigenvalue weighted by Crippen LogP contribution is 2.20. The molecule has 1 N–H and O–H groups in total. The van der Waals surface area contributed by atoms with Crippen LogP contribution in [0.4, 0.5) is 0 Å². The second-order valence-electron chi connectivity index (χ2n) is 5.67. The Hall–Kier alpha value is -2.66. The van der Waals surface area contributed by atoms with Crippen LogP contribution in [0.15, 0.2) is 53.3 Å². The average molecular weight is 357 g/mol. The summed E-state index contributed by atoms with van der Waals surface area (Å²) in [5.41, 5.74) is 1.45. The largest absolute Gasteiger partial charge is 0.425 e. The first-order valence-electron chi connectivity index (χ1n) is 7.99. The van der Waals surface area contributed by atoms with Gasteiger partial charge in [-0.1, -0.05) is 37.3 Å². The molecule has 5 nitrogen and oxygen atoms in total. The number of hydrogen-bond donors (Lipinski definition) is 1. The molecule has 1 aromatic heterocycles. The summed E-state index contributed by atoms with van der Waals surface area (Å²) < 4.78 is 5.30. The molecule has 1 unspecified atom stereocenters. The molecule has 0 aliphatic heterocycles. The molecule has 3 rings (SSSR count). The summed E-state index contributed by atoms with van der Waals surface area (Å²) in [6, 6.07) is 14.5. The fourth-order valence-corrected chi connectivity index (χ4v) is 2.61. The summed E-state index contributed by atoms with van der Waals surface area (Å²) in [4.78, 5) is 23.7. The minimum absolute atomic E-state index is 0.213. The van der Waals surface area contributed by atoms with Crippen molar-refractivity contribution in [3.05, 3.63) is 70.1 Å². The van der Waals surface area contributed by atoms with E-state index in [0.29, 0.717) is 24.0 Å². The Balaban J connectivity index is 1.87. The Morgan fingerprint density at radius 3 is 2.72 bits per heavy atom. The van der Waals surface area contributed by atoms with E-state index in [2.05, 4.69) is 10.2 Å². The molecule has 0 fully saturated rings. The van der Waals surface area contributed by atoms with Crippen molar-refractivity contribution in [2.75, 3.05) is 0 Å². The lowest BCUT2D eigenvalue weighted by atomic mass is 10.0. The Labute approximate surface area is 149 Å². The normalized spacial score (nSPS) is 12.1. The van der Waals surface area contributed by atoms with E-state index in [1.165, 1.54) is 0 Å². The molecular weight excluding hydrogens is 340 g/mol. The second-order valence-corrected chi connectivity index (χ2v) is 6.19. The molecule has 2 aromatic carbocycles. The number of halogens is 1. The molecule has 128 valence electrons. The number of fused-ring (bicyclic) bond motifs is 1. The van der Waals surface area contributed by atoms with Crippen molar-refractivity contribution in [1.29, 1.82) is 0 Å². The van der Waals surface area contributed by atoms with E-state index in [0.717, 1.165) is 16.6 Å². The third-order valence-electron chi connectivity index (χ3n) is 3.88. The Bertz CT molecular complexity index is 968. The summed E-state index contributed by atoms with van der Waals surface area (Å²) in [6.45, 7) is 1.82. The van der Waals surface area contributed by atoms with Gasteiger partial charge in [-0.25, -0.2) is 5.10 Å². The lowest BCUT2D eigenvalue weighted by Crippen LogP contribution is -2.19. The van der Waals surface area contributed by atoms with Crippen molar-refractivity contribution in [2.45, 2.75) is 25.1 Å². The SMILES string of the molecule is CCC(Cl)C(=O)Oc1cccc(Cc2n[nH]c(=O)c3ccccc23)c1. The van der Waals surface area contributed by atoms with Gasteiger partial charge in [-0.15, -0.1) is 11.6 Å². The first-order chi connectivity index (χ1) is 12.1. The van der Waals surface area contributed by atoms with Gasteiger partial charge in [0.2, 0.25) is 0 Å². The number of hydrogen-bond acceptors (Lipinski definition) is 4. The Morgan fingerprint density at radius 2 is 1.96 bits per heavy atom. The molecule has 25 heavy (non-hydrogen) atoms. The Kier molecular flexibility index (Phi) is 5.14. The number of esters is 1. The second kappa shape index (κ2) is 7.49. The van der Waals surface area contributed by atoms with Crippen molar-refractivity contribution in [2.24, 2.45) is 0 Å². The molecule has 0 saturated heterocycles. The van der Waals surface area contributed by atoms with Gasteiger partial charge in [-0.2, -0.15) is 5.10 Å². The van der Waals surface area contributed by atoms with Gasteiger partial charge in [0, 0.05) is 11.8 Å². The van der Waals surface area contributed by atoms with Gasteiger partial charge in [0.05, 0.1) is 11.1 Å². The zero-order valence-electron chi connectivity index (χ0n) is 13.7. The number of carbonyl (C=O) groups excluding carboxylic acids is 1. The number of ether oxygens (including phenoxy) is 1. The predicted octanol–water partition coefficient (Wildman–Crippen LogP) is 3.44. The van der Waals surface area contributed by atoms with Crippen molar-refractivity contribution in [3.63, 3.8) is 0 Å². The molecule has 3 aromatic rings. The van der Waals surface area contributed by atoms with E-state index >= 15 is 0 Å². The molecule has 0 amide bonds. The minimum atomic E-state index is -0.659. The number of aromatic amines is 1. The van der Waals surface area contributed by atoms with Gasteiger partial charge in [0.1, 0.15) is 11.1 Å². The molecule has 1 heterocycles. The lowest BCUT2D eigenvalue weighted by molar-refractivity contribution is -0.134. The monoisotopic (exact) mass is 356 g/mol. The zero-order valence-corrected chi connectivity index (χ0v) is 14.4. The Morgan fingerprint density at radius 1 is 1.20 bits per heavy atom. The van der Waals surface area contributed by atoms with Crippen LogP contribution in [0.2, 0.25) is 0 Å². The van der Waals surface area contributed by atoms with Crippen LogP contribution in [0.1, 0.15) is 24.6 Å². The number of alkyl halides is 1. The minimum Gasteiger partial charge on any atom is -0.425 e. The summed E-state index contributed by atoms with van der Waals surface area (Å²) in [7, 11) is 0. The first kappa shape index (κ1) is 17.2. The van der Waals surface area contributed by atoms with Crippen LogP contribution in [-0.2, 0) is 11.2 Å². The molecule has 0 aliphatic carbocycles. The van der Waals surface area contributed by atoms with Crippen LogP contribution >= 0.6 is 11.6 Å². The third-order valence-corrected chi connectivity index (χ3v) is 4.36. The maximum atomic E-state index is 11.9. The number of nitrogens with one attached hydrogen (secondary N) is 1. The van der Waals surface area contributed by atoms with E-state index in [4.69, 9.17) is 16.3 Å². The maximum absolute atomic E-state index is 11.9. The highest BCUT2D eigenvalue weighted by Gasteiger charge is 2.15. The number of aromatic nitrogens is 2. The summed E-state index contributed by atoms with van der Waals surface area (Å²) in [5, 5.41) is 7.44. The van der Waals surface area contributed by atoms with E-state index in [1.54, 1.807) is 24.3 Å². The van der Waals surface area contributed by atoms with Gasteiger partial charge in [0.15, 0.2) is 0 Å². The van der Waals surface area contributed by atoms with Gasteiger partial charge >= 0.3 is 5.97 Å². The standard InChI is InChI=1S/C19H17ClN2O3/c1-2-16(20)19(24)25-13-7-5-6-12(10-13)11-17-14-8-3-4-9-15(14)18(23)22-21-17/h3-10,16H,2,11H2,1H3,(H,22,23). The summed E-state index contributed by atoms with van der Waals surface area (Å²) in [5.74, 6) is -0.0238. The van der Waals surface area contributed by atoms with Crippen LogP contribution in [0, 0.1) is 0 Å². The summed E-state index contributed by atoms with van der Waals surface area (Å²) >= 11 is 5.90. The molecule has 0 saturated carbocycles. The van der Waals surface area contributed by atoms with Gasteiger partial charge in [0.25, 0.3) is 5.56 Å². The van der Waals surface area contributed by atoms with Crippen molar-refractivity contribution in [3.8, 4) is 5.75 Å². The highest BCUT2D eigenvalue weighted by atomic mass is 35.5. The molecule has 0 aliphatic rings. The zero-order chi connectivity index (χ0) is 17.8. The van der Waals surface area contributed by atoms with Crippen molar-refractivity contribution < 1.29 is 9.53 Å². The molecule has 0 radical (unpaired) electrons. The van der Waals surface area contributed by atoms with E-state index in [1.807, 2.05) is 31.2 Å². The fraction of sp³-hybridized carbons (Fsp3) is 0.211. The number of carbonyl (C=O) groups is 1.